The second-order valence-electron chi connectivity index (χ2n) is 3.93. The van der Waals surface area contributed by atoms with Gasteiger partial charge in [-0.25, -0.2) is 9.97 Å². The maximum absolute atomic E-state index is 5.46. The number of nitrogens with zero attached hydrogens (tertiary/aromatic N) is 2. The molecule has 92 valence electrons. The van der Waals surface area contributed by atoms with Crippen molar-refractivity contribution in [1.29, 1.82) is 0 Å². The van der Waals surface area contributed by atoms with Crippen LogP contribution in [0, 0.1) is 6.92 Å². The summed E-state index contributed by atoms with van der Waals surface area (Å²) in [5, 5.41) is 3.21. The number of nitrogens with two attached hydrogens (primary N) is 1. The number of benzene rings is 1. The Bertz CT molecular complexity index is 551. The molecule has 0 aliphatic carbocycles. The average molecular weight is 258 g/mol. The van der Waals surface area contributed by atoms with E-state index in [0.29, 0.717) is 18.1 Å². The zero-order chi connectivity index (χ0) is 13.0. The molecule has 1 heterocycles. The molecule has 1 aromatic carbocycles. The van der Waals surface area contributed by atoms with Crippen LogP contribution in [0.4, 0.5) is 5.82 Å². The molecule has 2 aromatic rings. The summed E-state index contributed by atoms with van der Waals surface area (Å²) in [6, 6.07) is 8.21. The lowest BCUT2D eigenvalue weighted by Gasteiger charge is -2.08. The maximum Gasteiger partial charge on any atom is 0.144 e. The number of nitrogens with one attached hydrogen (secondary N) is 1. The predicted octanol–water partition coefficient (Wildman–Crippen LogP) is 2.03. The van der Waals surface area contributed by atoms with Gasteiger partial charge in [-0.15, -0.1) is 0 Å². The molecule has 1 aromatic heterocycles. The lowest BCUT2D eigenvalue weighted by Crippen LogP contribution is -2.12. The number of anilines is 1. The number of rotatable bonds is 4. The van der Waals surface area contributed by atoms with Gasteiger partial charge >= 0.3 is 0 Å². The molecule has 18 heavy (non-hydrogen) atoms. The third kappa shape index (κ3) is 3.01. The normalized spacial score (nSPS) is 10.1. The minimum atomic E-state index is 0.257. The Kier molecular flexibility index (Phi) is 3.84. The van der Waals surface area contributed by atoms with E-state index in [9.17, 15) is 0 Å². The summed E-state index contributed by atoms with van der Waals surface area (Å²) in [6.07, 6.45) is 3.20. The van der Waals surface area contributed by atoms with Crippen LogP contribution in [0.3, 0.4) is 0 Å². The van der Waals surface area contributed by atoms with Gasteiger partial charge in [-0.2, -0.15) is 0 Å². The van der Waals surface area contributed by atoms with E-state index in [1.54, 1.807) is 12.4 Å². The van der Waals surface area contributed by atoms with Gasteiger partial charge in [-0.3, -0.25) is 0 Å². The number of aryl methyl sites for hydroxylation is 1. The van der Waals surface area contributed by atoms with E-state index >= 15 is 0 Å². The quantitative estimate of drug-likeness (QED) is 0.822. The number of thiocarbonyl (C=S) groups is 1. The van der Waals surface area contributed by atoms with Gasteiger partial charge < -0.3 is 11.1 Å². The standard InChI is InChI=1S/C13H14N4S/c1-9-4-2-3-5-10(9)6-16-12-8-15-11(7-17-12)13(14)18/h2-5,7-8H,6H2,1H3,(H2,14,18)(H,16,17). The van der Waals surface area contributed by atoms with Gasteiger partial charge in [0.15, 0.2) is 0 Å². The van der Waals surface area contributed by atoms with Gasteiger partial charge in [0.1, 0.15) is 16.5 Å². The third-order valence-corrected chi connectivity index (χ3v) is 2.83. The van der Waals surface area contributed by atoms with Gasteiger partial charge in [-0.1, -0.05) is 36.5 Å². The second-order valence-corrected chi connectivity index (χ2v) is 4.37. The summed E-state index contributed by atoms with van der Waals surface area (Å²) < 4.78 is 0. The summed E-state index contributed by atoms with van der Waals surface area (Å²) in [7, 11) is 0. The highest BCUT2D eigenvalue weighted by atomic mass is 32.1. The van der Waals surface area contributed by atoms with Crippen molar-refractivity contribution in [1.82, 2.24) is 9.97 Å². The molecule has 0 amide bonds. The van der Waals surface area contributed by atoms with Crippen molar-refractivity contribution in [3.63, 3.8) is 0 Å². The van der Waals surface area contributed by atoms with E-state index in [1.807, 2.05) is 12.1 Å². The molecule has 0 unspecified atom stereocenters. The smallest absolute Gasteiger partial charge is 0.144 e. The van der Waals surface area contributed by atoms with E-state index in [4.69, 9.17) is 18.0 Å². The first-order chi connectivity index (χ1) is 8.66. The molecule has 0 atom stereocenters. The molecule has 0 fully saturated rings. The van der Waals surface area contributed by atoms with E-state index < -0.39 is 0 Å². The van der Waals surface area contributed by atoms with Crippen LogP contribution in [0.25, 0.3) is 0 Å². The van der Waals surface area contributed by atoms with E-state index in [1.165, 1.54) is 11.1 Å². The Morgan fingerprint density at radius 2 is 2.06 bits per heavy atom. The summed E-state index contributed by atoms with van der Waals surface area (Å²) in [5.41, 5.74) is 8.47. The highest BCUT2D eigenvalue weighted by Gasteiger charge is 2.01. The molecular formula is C13H14N4S. The van der Waals surface area contributed by atoms with Crippen LogP contribution in [0.2, 0.25) is 0 Å². The zero-order valence-corrected chi connectivity index (χ0v) is 10.9. The lowest BCUT2D eigenvalue weighted by atomic mass is 10.1. The van der Waals surface area contributed by atoms with Gasteiger partial charge in [0.2, 0.25) is 0 Å². The minimum absolute atomic E-state index is 0.257. The van der Waals surface area contributed by atoms with Crippen LogP contribution in [0.15, 0.2) is 36.7 Å². The molecule has 0 saturated heterocycles. The van der Waals surface area contributed by atoms with Gasteiger partial charge in [0.25, 0.3) is 0 Å². The minimum Gasteiger partial charge on any atom is -0.388 e. The largest absolute Gasteiger partial charge is 0.388 e. The average Bonchev–Trinajstić information content (AvgIpc) is 2.38. The fourth-order valence-corrected chi connectivity index (χ4v) is 1.65. The molecule has 0 saturated carbocycles. The van der Waals surface area contributed by atoms with Crippen molar-refractivity contribution in [2.45, 2.75) is 13.5 Å². The van der Waals surface area contributed by atoms with Gasteiger partial charge in [0, 0.05) is 6.54 Å². The molecule has 0 spiro atoms. The maximum atomic E-state index is 5.46. The van der Waals surface area contributed by atoms with Crippen molar-refractivity contribution in [2.24, 2.45) is 5.73 Å². The molecule has 0 aliphatic heterocycles. The molecule has 4 nitrogen and oxygen atoms in total. The molecule has 2 rings (SSSR count). The number of hydrogen-bond acceptors (Lipinski definition) is 4. The Morgan fingerprint density at radius 1 is 1.28 bits per heavy atom. The first-order valence-corrected chi connectivity index (χ1v) is 5.98. The topological polar surface area (TPSA) is 63.8 Å². The van der Waals surface area contributed by atoms with Crippen LogP contribution in [-0.4, -0.2) is 15.0 Å². The summed E-state index contributed by atoms with van der Waals surface area (Å²) >= 11 is 4.82. The molecule has 5 heteroatoms. The van der Waals surface area contributed by atoms with Crippen molar-refractivity contribution in [3.8, 4) is 0 Å². The fraction of sp³-hybridized carbons (Fsp3) is 0.154. The first kappa shape index (κ1) is 12.4. The van der Waals surface area contributed by atoms with Crippen LogP contribution in [0.5, 0.6) is 0 Å². The number of aromatic nitrogens is 2. The Labute approximate surface area is 111 Å². The Hall–Kier alpha value is -2.01. The summed E-state index contributed by atoms with van der Waals surface area (Å²) in [6.45, 7) is 2.80. The summed E-state index contributed by atoms with van der Waals surface area (Å²) in [4.78, 5) is 8.58. The van der Waals surface area contributed by atoms with E-state index in [2.05, 4.69) is 34.3 Å². The lowest BCUT2D eigenvalue weighted by molar-refractivity contribution is 1.07. The van der Waals surface area contributed by atoms with Crippen LogP contribution in [-0.2, 0) is 6.54 Å². The third-order valence-electron chi connectivity index (χ3n) is 2.63. The highest BCUT2D eigenvalue weighted by molar-refractivity contribution is 7.80. The van der Waals surface area contributed by atoms with Crippen LogP contribution >= 0.6 is 12.2 Å². The number of hydrogen-bond donors (Lipinski definition) is 2. The van der Waals surface area contributed by atoms with E-state index in [-0.39, 0.29) is 4.99 Å². The van der Waals surface area contributed by atoms with E-state index in [0.717, 1.165) is 0 Å². The second kappa shape index (κ2) is 5.55. The van der Waals surface area contributed by atoms with Crippen LogP contribution in [0.1, 0.15) is 16.8 Å². The van der Waals surface area contributed by atoms with Gasteiger partial charge in [-0.05, 0) is 18.1 Å². The van der Waals surface area contributed by atoms with Crippen LogP contribution < -0.4 is 11.1 Å². The van der Waals surface area contributed by atoms with Crippen molar-refractivity contribution >= 4 is 23.0 Å². The molecule has 0 aliphatic rings. The molecule has 3 N–H and O–H groups in total. The molecular weight excluding hydrogens is 244 g/mol. The highest BCUT2D eigenvalue weighted by Crippen LogP contribution is 2.09. The van der Waals surface area contributed by atoms with Gasteiger partial charge in [0.05, 0.1) is 12.4 Å². The van der Waals surface area contributed by atoms with Crippen molar-refractivity contribution in [3.05, 3.63) is 53.5 Å². The fourth-order valence-electron chi connectivity index (χ4n) is 1.54. The molecule has 0 radical (unpaired) electrons. The monoisotopic (exact) mass is 258 g/mol. The predicted molar refractivity (Wildman–Crippen MR) is 76.4 cm³/mol. The Morgan fingerprint density at radius 3 is 2.67 bits per heavy atom. The summed E-state index contributed by atoms with van der Waals surface area (Å²) in [5.74, 6) is 0.707. The van der Waals surface area contributed by atoms with Crippen molar-refractivity contribution in [2.75, 3.05) is 5.32 Å². The SMILES string of the molecule is Cc1ccccc1CNc1cnc(C(N)=S)cn1. The zero-order valence-electron chi connectivity index (χ0n) is 10.1. The Balaban J connectivity index is 2.02. The first-order valence-electron chi connectivity index (χ1n) is 5.57. The van der Waals surface area contributed by atoms with Crippen molar-refractivity contribution < 1.29 is 0 Å². The molecule has 0 bridgehead atoms.